The lowest BCUT2D eigenvalue weighted by atomic mass is 10.1. The third kappa shape index (κ3) is 2.12. The molecule has 2 N–H and O–H groups in total. The number of nitrogens with two attached hydrogens (primary N) is 1. The number of oxazole rings is 1. The second kappa shape index (κ2) is 4.51. The number of piperidine rings is 1. The summed E-state index contributed by atoms with van der Waals surface area (Å²) in [4.78, 5) is 16.7. The van der Waals surface area contributed by atoms with Gasteiger partial charge in [0.2, 0.25) is 0 Å². The van der Waals surface area contributed by atoms with Crippen molar-refractivity contribution < 1.29 is 9.34 Å². The van der Waals surface area contributed by atoms with Crippen LogP contribution in [0.15, 0.2) is 22.6 Å². The molecule has 7 heteroatoms. The van der Waals surface area contributed by atoms with Crippen LogP contribution in [-0.2, 0) is 0 Å². The molecule has 0 aliphatic carbocycles. The molecule has 100 valence electrons. The van der Waals surface area contributed by atoms with Gasteiger partial charge in [-0.25, -0.2) is 0 Å². The van der Waals surface area contributed by atoms with Crippen molar-refractivity contribution in [2.45, 2.75) is 18.9 Å². The maximum absolute atomic E-state index is 10.9. The first kappa shape index (κ1) is 11.9. The van der Waals surface area contributed by atoms with E-state index < -0.39 is 4.92 Å². The molecule has 1 unspecified atom stereocenters. The summed E-state index contributed by atoms with van der Waals surface area (Å²) in [5, 5.41) is 10.9. The molecule has 1 fully saturated rings. The van der Waals surface area contributed by atoms with E-state index in [0.29, 0.717) is 23.7 Å². The Balaban J connectivity index is 2.01. The first-order valence-corrected chi connectivity index (χ1v) is 6.19. The highest BCUT2D eigenvalue weighted by Crippen LogP contribution is 2.29. The van der Waals surface area contributed by atoms with Crippen molar-refractivity contribution in [3.63, 3.8) is 0 Å². The van der Waals surface area contributed by atoms with Crippen LogP contribution >= 0.6 is 0 Å². The van der Waals surface area contributed by atoms with Gasteiger partial charge in [-0.05, 0) is 18.9 Å². The van der Waals surface area contributed by atoms with Gasteiger partial charge >= 0.3 is 0 Å². The molecule has 19 heavy (non-hydrogen) atoms. The van der Waals surface area contributed by atoms with Crippen molar-refractivity contribution in [1.82, 2.24) is 4.98 Å². The van der Waals surface area contributed by atoms with E-state index >= 15 is 0 Å². The van der Waals surface area contributed by atoms with Gasteiger partial charge in [0.15, 0.2) is 11.1 Å². The summed E-state index contributed by atoms with van der Waals surface area (Å²) in [6, 6.07) is 5.22. The number of non-ortho nitro benzene ring substituents is 1. The molecular formula is C12H14N4O3. The maximum atomic E-state index is 10.9. The Hall–Kier alpha value is -2.15. The Morgan fingerprint density at radius 1 is 1.53 bits per heavy atom. The zero-order chi connectivity index (χ0) is 13.4. The van der Waals surface area contributed by atoms with E-state index in [9.17, 15) is 10.1 Å². The summed E-state index contributed by atoms with van der Waals surface area (Å²) < 4.78 is 5.60. The van der Waals surface area contributed by atoms with Crippen LogP contribution in [0.5, 0.6) is 0 Å². The van der Waals surface area contributed by atoms with Gasteiger partial charge in [-0.15, -0.1) is 0 Å². The fourth-order valence-electron chi connectivity index (χ4n) is 2.39. The fourth-order valence-corrected chi connectivity index (χ4v) is 2.39. The summed E-state index contributed by atoms with van der Waals surface area (Å²) in [6.45, 7) is 1.48. The lowest BCUT2D eigenvalue weighted by Gasteiger charge is -2.29. The molecule has 2 heterocycles. The largest absolute Gasteiger partial charge is 0.423 e. The molecule has 3 rings (SSSR count). The number of nitro benzene ring substituents is 1. The predicted molar refractivity (Wildman–Crippen MR) is 70.1 cm³/mol. The van der Waals surface area contributed by atoms with Gasteiger partial charge in [-0.3, -0.25) is 10.1 Å². The highest BCUT2D eigenvalue weighted by Gasteiger charge is 2.23. The van der Waals surface area contributed by atoms with Crippen molar-refractivity contribution in [3.8, 4) is 0 Å². The molecule has 1 aromatic carbocycles. The van der Waals surface area contributed by atoms with Crippen molar-refractivity contribution in [2.24, 2.45) is 5.73 Å². The van der Waals surface area contributed by atoms with Crippen LogP contribution in [0.2, 0.25) is 0 Å². The molecule has 0 radical (unpaired) electrons. The smallest absolute Gasteiger partial charge is 0.298 e. The topological polar surface area (TPSA) is 98.4 Å². The van der Waals surface area contributed by atoms with E-state index in [-0.39, 0.29) is 11.7 Å². The molecule has 0 spiro atoms. The van der Waals surface area contributed by atoms with Gasteiger partial charge < -0.3 is 15.1 Å². The molecule has 1 aliphatic rings. The van der Waals surface area contributed by atoms with Gasteiger partial charge in [-0.2, -0.15) is 4.98 Å². The van der Waals surface area contributed by atoms with Crippen LogP contribution < -0.4 is 10.6 Å². The van der Waals surface area contributed by atoms with Crippen molar-refractivity contribution >= 4 is 22.8 Å². The molecular weight excluding hydrogens is 248 g/mol. The Bertz CT molecular complexity index is 624. The number of nitrogens with zero attached hydrogens (tertiary/aromatic N) is 3. The SMILES string of the molecule is NC1CCCN(c2nc3c([N+](=O)[O-])cccc3o2)C1. The summed E-state index contributed by atoms with van der Waals surface area (Å²) in [5.74, 6) is 0. The van der Waals surface area contributed by atoms with Gasteiger partial charge in [-0.1, -0.05) is 6.07 Å². The number of nitro groups is 1. The lowest BCUT2D eigenvalue weighted by molar-refractivity contribution is -0.383. The van der Waals surface area contributed by atoms with Crippen LogP contribution in [0.4, 0.5) is 11.7 Å². The van der Waals surface area contributed by atoms with Crippen LogP contribution in [0.3, 0.4) is 0 Å². The first-order valence-electron chi connectivity index (χ1n) is 6.19. The summed E-state index contributed by atoms with van der Waals surface area (Å²) in [5.41, 5.74) is 6.61. The first-order chi connectivity index (χ1) is 9.15. The summed E-state index contributed by atoms with van der Waals surface area (Å²) in [6.07, 6.45) is 1.96. The number of benzene rings is 1. The second-order valence-electron chi connectivity index (χ2n) is 4.73. The third-order valence-corrected chi connectivity index (χ3v) is 3.31. The number of rotatable bonds is 2. The average Bonchev–Trinajstić information content (AvgIpc) is 2.82. The standard InChI is InChI=1S/C12H14N4O3/c13-8-3-2-6-15(7-8)12-14-11-9(16(17)18)4-1-5-10(11)19-12/h1,4-5,8H,2-3,6-7,13H2. The Kier molecular flexibility index (Phi) is 2.83. The van der Waals surface area contributed by atoms with Crippen LogP contribution in [-0.4, -0.2) is 29.0 Å². The predicted octanol–water partition coefficient (Wildman–Crippen LogP) is 1.66. The number of aromatic nitrogens is 1. The molecule has 7 nitrogen and oxygen atoms in total. The van der Waals surface area contributed by atoms with E-state index in [1.807, 2.05) is 4.90 Å². The maximum Gasteiger partial charge on any atom is 0.298 e. The Morgan fingerprint density at radius 2 is 2.37 bits per heavy atom. The van der Waals surface area contributed by atoms with E-state index in [2.05, 4.69) is 4.98 Å². The van der Waals surface area contributed by atoms with Crippen LogP contribution in [0.25, 0.3) is 11.1 Å². The minimum Gasteiger partial charge on any atom is -0.423 e. The van der Waals surface area contributed by atoms with Gasteiger partial charge in [0.1, 0.15) is 0 Å². The normalized spacial score (nSPS) is 19.8. The fraction of sp³-hybridized carbons (Fsp3) is 0.417. The summed E-state index contributed by atoms with van der Waals surface area (Å²) >= 11 is 0. The molecule has 0 saturated carbocycles. The minimum absolute atomic E-state index is 0.0335. The Labute approximate surface area is 109 Å². The minimum atomic E-state index is -0.448. The highest BCUT2D eigenvalue weighted by molar-refractivity contribution is 5.84. The van der Waals surface area contributed by atoms with E-state index in [1.54, 1.807) is 12.1 Å². The third-order valence-electron chi connectivity index (χ3n) is 3.31. The zero-order valence-corrected chi connectivity index (χ0v) is 10.3. The quantitative estimate of drug-likeness (QED) is 0.652. The number of fused-ring (bicyclic) bond motifs is 1. The molecule has 1 atom stereocenters. The number of para-hydroxylation sites is 1. The molecule has 0 bridgehead atoms. The molecule has 0 amide bonds. The van der Waals surface area contributed by atoms with Crippen molar-refractivity contribution in [3.05, 3.63) is 28.3 Å². The lowest BCUT2D eigenvalue weighted by Crippen LogP contribution is -2.42. The zero-order valence-electron chi connectivity index (χ0n) is 10.3. The average molecular weight is 262 g/mol. The van der Waals surface area contributed by atoms with E-state index in [1.165, 1.54) is 6.07 Å². The van der Waals surface area contributed by atoms with E-state index in [0.717, 1.165) is 19.4 Å². The number of anilines is 1. The summed E-state index contributed by atoms with van der Waals surface area (Å²) in [7, 11) is 0. The second-order valence-corrected chi connectivity index (χ2v) is 4.73. The van der Waals surface area contributed by atoms with Gasteiger partial charge in [0.05, 0.1) is 4.92 Å². The Morgan fingerprint density at radius 3 is 3.11 bits per heavy atom. The molecule has 1 aromatic heterocycles. The molecule has 1 saturated heterocycles. The van der Waals surface area contributed by atoms with Crippen LogP contribution in [0.1, 0.15) is 12.8 Å². The van der Waals surface area contributed by atoms with Crippen LogP contribution in [0, 0.1) is 10.1 Å². The van der Waals surface area contributed by atoms with Gasteiger partial charge in [0, 0.05) is 25.2 Å². The molecule has 1 aliphatic heterocycles. The van der Waals surface area contributed by atoms with E-state index in [4.69, 9.17) is 10.2 Å². The van der Waals surface area contributed by atoms with Crippen molar-refractivity contribution in [2.75, 3.05) is 18.0 Å². The van der Waals surface area contributed by atoms with Gasteiger partial charge in [0.25, 0.3) is 11.7 Å². The monoisotopic (exact) mass is 262 g/mol. The van der Waals surface area contributed by atoms with Crippen molar-refractivity contribution in [1.29, 1.82) is 0 Å². The highest BCUT2D eigenvalue weighted by atomic mass is 16.6. The molecule has 2 aromatic rings. The number of hydrogen-bond donors (Lipinski definition) is 1. The number of hydrogen-bond acceptors (Lipinski definition) is 6.